The molecule has 1 fully saturated rings. The lowest BCUT2D eigenvalue weighted by molar-refractivity contribution is -0.151. The molecule has 1 aliphatic rings. The SMILES string of the molecule is CC(NC(=O)[C@@H]1CC[C@H](C(=O)O)O1)c1cccc(F)c1F. The molecule has 1 unspecified atom stereocenters. The molecule has 1 saturated heterocycles. The predicted molar refractivity (Wildman–Crippen MR) is 68.4 cm³/mol. The van der Waals surface area contributed by atoms with E-state index < -0.39 is 41.8 Å². The zero-order valence-corrected chi connectivity index (χ0v) is 11.3. The molecular weight excluding hydrogens is 284 g/mol. The number of hydrogen-bond acceptors (Lipinski definition) is 3. The van der Waals surface area contributed by atoms with Crippen molar-refractivity contribution in [3.05, 3.63) is 35.4 Å². The van der Waals surface area contributed by atoms with Crippen molar-refractivity contribution < 1.29 is 28.2 Å². The number of halogens is 2. The summed E-state index contributed by atoms with van der Waals surface area (Å²) in [5.74, 6) is -3.65. The average molecular weight is 299 g/mol. The van der Waals surface area contributed by atoms with E-state index in [9.17, 15) is 18.4 Å². The number of carbonyl (C=O) groups excluding carboxylic acids is 1. The number of ether oxygens (including phenoxy) is 1. The first-order valence-corrected chi connectivity index (χ1v) is 6.52. The molecule has 7 heteroatoms. The molecule has 3 atom stereocenters. The van der Waals surface area contributed by atoms with Crippen LogP contribution in [-0.2, 0) is 14.3 Å². The minimum Gasteiger partial charge on any atom is -0.479 e. The molecular formula is C14H15F2NO4. The van der Waals surface area contributed by atoms with Gasteiger partial charge in [0.15, 0.2) is 17.7 Å². The zero-order chi connectivity index (χ0) is 15.6. The molecule has 0 spiro atoms. The second-order valence-corrected chi connectivity index (χ2v) is 4.90. The maximum absolute atomic E-state index is 13.6. The summed E-state index contributed by atoms with van der Waals surface area (Å²) in [6.07, 6.45) is -1.36. The van der Waals surface area contributed by atoms with Gasteiger partial charge in [-0.15, -0.1) is 0 Å². The van der Waals surface area contributed by atoms with Gasteiger partial charge in [0.1, 0.15) is 6.10 Å². The van der Waals surface area contributed by atoms with Crippen molar-refractivity contribution >= 4 is 11.9 Å². The van der Waals surface area contributed by atoms with Crippen LogP contribution in [0.5, 0.6) is 0 Å². The summed E-state index contributed by atoms with van der Waals surface area (Å²) in [5, 5.41) is 11.3. The second-order valence-electron chi connectivity index (χ2n) is 4.90. The van der Waals surface area contributed by atoms with Crippen LogP contribution in [0.4, 0.5) is 8.78 Å². The molecule has 0 bridgehead atoms. The molecule has 1 amide bonds. The van der Waals surface area contributed by atoms with E-state index in [-0.39, 0.29) is 18.4 Å². The van der Waals surface area contributed by atoms with E-state index in [4.69, 9.17) is 9.84 Å². The number of rotatable bonds is 4. The van der Waals surface area contributed by atoms with E-state index in [1.54, 1.807) is 0 Å². The summed E-state index contributed by atoms with van der Waals surface area (Å²) in [4.78, 5) is 22.7. The lowest BCUT2D eigenvalue weighted by Gasteiger charge is -2.18. The largest absolute Gasteiger partial charge is 0.479 e. The van der Waals surface area contributed by atoms with Crippen molar-refractivity contribution in [2.45, 2.75) is 38.0 Å². The van der Waals surface area contributed by atoms with Crippen LogP contribution in [0, 0.1) is 11.6 Å². The van der Waals surface area contributed by atoms with Crippen molar-refractivity contribution in [2.24, 2.45) is 0 Å². The summed E-state index contributed by atoms with van der Waals surface area (Å²) in [7, 11) is 0. The van der Waals surface area contributed by atoms with E-state index in [1.165, 1.54) is 19.1 Å². The van der Waals surface area contributed by atoms with Gasteiger partial charge in [0.05, 0.1) is 6.04 Å². The van der Waals surface area contributed by atoms with Gasteiger partial charge in [-0.25, -0.2) is 13.6 Å². The molecule has 21 heavy (non-hydrogen) atoms. The predicted octanol–water partition coefficient (Wildman–Crippen LogP) is 1.77. The molecule has 0 saturated carbocycles. The van der Waals surface area contributed by atoms with Gasteiger partial charge < -0.3 is 15.2 Å². The van der Waals surface area contributed by atoms with Gasteiger partial charge in [0, 0.05) is 5.56 Å². The van der Waals surface area contributed by atoms with E-state index in [0.717, 1.165) is 6.07 Å². The van der Waals surface area contributed by atoms with Crippen molar-refractivity contribution in [1.82, 2.24) is 5.32 Å². The number of carboxylic acids is 1. The van der Waals surface area contributed by atoms with E-state index in [1.807, 2.05) is 0 Å². The van der Waals surface area contributed by atoms with Crippen LogP contribution in [0.3, 0.4) is 0 Å². The smallest absolute Gasteiger partial charge is 0.332 e. The van der Waals surface area contributed by atoms with Crippen LogP contribution in [0.15, 0.2) is 18.2 Å². The third-order valence-corrected chi connectivity index (χ3v) is 3.39. The maximum atomic E-state index is 13.6. The molecule has 114 valence electrons. The highest BCUT2D eigenvalue weighted by Gasteiger charge is 2.35. The third-order valence-electron chi connectivity index (χ3n) is 3.39. The summed E-state index contributed by atoms with van der Waals surface area (Å²) < 4.78 is 31.8. The van der Waals surface area contributed by atoms with Crippen LogP contribution < -0.4 is 5.32 Å². The van der Waals surface area contributed by atoms with Crippen molar-refractivity contribution in [3.8, 4) is 0 Å². The Kier molecular flexibility index (Phi) is 4.52. The van der Waals surface area contributed by atoms with Crippen LogP contribution in [0.1, 0.15) is 31.4 Å². The Balaban J connectivity index is 2.00. The van der Waals surface area contributed by atoms with Gasteiger partial charge >= 0.3 is 5.97 Å². The fraction of sp³-hybridized carbons (Fsp3) is 0.429. The van der Waals surface area contributed by atoms with Crippen LogP contribution in [-0.4, -0.2) is 29.2 Å². The summed E-state index contributed by atoms with van der Waals surface area (Å²) in [5.41, 5.74) is 0.0242. The Hall–Kier alpha value is -2.02. The van der Waals surface area contributed by atoms with Crippen LogP contribution >= 0.6 is 0 Å². The lowest BCUT2D eigenvalue weighted by atomic mass is 10.1. The van der Waals surface area contributed by atoms with E-state index in [2.05, 4.69) is 5.32 Å². The molecule has 1 aromatic rings. The molecule has 0 aliphatic carbocycles. The summed E-state index contributed by atoms with van der Waals surface area (Å²) >= 11 is 0. The minimum absolute atomic E-state index is 0.0242. The fourth-order valence-electron chi connectivity index (χ4n) is 2.25. The van der Waals surface area contributed by atoms with Crippen LogP contribution in [0.25, 0.3) is 0 Å². The molecule has 0 aromatic heterocycles. The highest BCUT2D eigenvalue weighted by Crippen LogP contribution is 2.23. The quantitative estimate of drug-likeness (QED) is 0.888. The summed E-state index contributed by atoms with van der Waals surface area (Å²) in [6.45, 7) is 1.51. The van der Waals surface area contributed by atoms with E-state index >= 15 is 0 Å². The second kappa shape index (κ2) is 6.17. The number of hydrogen-bond donors (Lipinski definition) is 2. The van der Waals surface area contributed by atoms with Crippen molar-refractivity contribution in [2.75, 3.05) is 0 Å². The average Bonchev–Trinajstić information content (AvgIpc) is 2.91. The standard InChI is InChI=1S/C14H15F2NO4/c1-7(8-3-2-4-9(15)12(8)16)17-13(18)10-5-6-11(21-10)14(19)20/h2-4,7,10-11H,5-6H2,1H3,(H,17,18)(H,19,20)/t7?,10-,11+/m0/s1. The number of carboxylic acid groups (broad SMARTS) is 1. The maximum Gasteiger partial charge on any atom is 0.332 e. The highest BCUT2D eigenvalue weighted by molar-refractivity contribution is 5.83. The molecule has 2 rings (SSSR count). The first kappa shape index (κ1) is 15.4. The topological polar surface area (TPSA) is 75.6 Å². The van der Waals surface area contributed by atoms with Gasteiger partial charge in [-0.3, -0.25) is 4.79 Å². The highest BCUT2D eigenvalue weighted by atomic mass is 19.2. The third kappa shape index (κ3) is 3.36. The Bertz CT molecular complexity index is 564. The number of carbonyl (C=O) groups is 2. The fourth-order valence-corrected chi connectivity index (χ4v) is 2.25. The number of amides is 1. The van der Waals surface area contributed by atoms with Gasteiger partial charge in [0.25, 0.3) is 0 Å². The van der Waals surface area contributed by atoms with Gasteiger partial charge in [-0.05, 0) is 25.8 Å². The molecule has 2 N–H and O–H groups in total. The van der Waals surface area contributed by atoms with Gasteiger partial charge in [-0.1, -0.05) is 12.1 Å². The van der Waals surface area contributed by atoms with Gasteiger partial charge in [0.2, 0.25) is 5.91 Å². The van der Waals surface area contributed by atoms with Gasteiger partial charge in [-0.2, -0.15) is 0 Å². The molecule has 0 radical (unpaired) electrons. The first-order valence-electron chi connectivity index (χ1n) is 6.52. The zero-order valence-electron chi connectivity index (χ0n) is 11.3. The molecule has 1 aliphatic heterocycles. The minimum atomic E-state index is -1.12. The Morgan fingerprint density at radius 1 is 1.33 bits per heavy atom. The lowest BCUT2D eigenvalue weighted by Crippen LogP contribution is -2.37. The number of nitrogens with one attached hydrogen (secondary N) is 1. The van der Waals surface area contributed by atoms with Crippen molar-refractivity contribution in [1.29, 1.82) is 0 Å². The number of benzene rings is 1. The monoisotopic (exact) mass is 299 g/mol. The normalized spacial score (nSPS) is 22.8. The van der Waals surface area contributed by atoms with Crippen molar-refractivity contribution in [3.63, 3.8) is 0 Å². The first-order chi connectivity index (χ1) is 9.90. The Morgan fingerprint density at radius 2 is 2.00 bits per heavy atom. The van der Waals surface area contributed by atoms with Crippen LogP contribution in [0.2, 0.25) is 0 Å². The summed E-state index contributed by atoms with van der Waals surface area (Å²) in [6, 6.07) is 2.97. The number of aliphatic carboxylic acids is 1. The Morgan fingerprint density at radius 3 is 2.62 bits per heavy atom. The molecule has 5 nitrogen and oxygen atoms in total. The Labute approximate surface area is 119 Å². The molecule has 1 heterocycles. The van der Waals surface area contributed by atoms with E-state index in [0.29, 0.717) is 0 Å². The molecule has 1 aromatic carbocycles.